The number of rotatable bonds is 4. The maximum Gasteiger partial charge on any atom is 0.335 e. The SMILES string of the molecule is CC1CCC(C(C)C)C(Nc2cc(C(=O)O)ccc2F)C1. The van der Waals surface area contributed by atoms with Crippen molar-refractivity contribution in [1.29, 1.82) is 0 Å². The van der Waals surface area contributed by atoms with Crippen LogP contribution in [-0.2, 0) is 0 Å². The predicted octanol–water partition coefficient (Wildman–Crippen LogP) is 4.40. The number of hydrogen-bond donors (Lipinski definition) is 2. The molecule has 3 atom stereocenters. The van der Waals surface area contributed by atoms with Crippen LogP contribution in [0.5, 0.6) is 0 Å². The van der Waals surface area contributed by atoms with Gasteiger partial charge in [-0.05, 0) is 48.8 Å². The molecule has 0 aromatic heterocycles. The van der Waals surface area contributed by atoms with Gasteiger partial charge in [-0.3, -0.25) is 0 Å². The molecule has 1 aliphatic rings. The number of aromatic carboxylic acids is 1. The van der Waals surface area contributed by atoms with Crippen LogP contribution in [0.15, 0.2) is 18.2 Å². The number of carboxylic acid groups (broad SMARTS) is 1. The van der Waals surface area contributed by atoms with Crippen LogP contribution in [0, 0.1) is 23.6 Å². The standard InChI is InChI=1S/C17H24FNO2/c1-10(2)13-6-4-11(3)8-15(13)19-16-9-12(17(20)21)5-7-14(16)18/h5,7,9-11,13,15,19H,4,6,8H2,1-3H3,(H,20,21). The third-order valence-corrected chi connectivity index (χ3v) is 4.58. The summed E-state index contributed by atoms with van der Waals surface area (Å²) in [6.45, 7) is 6.61. The lowest BCUT2D eigenvalue weighted by molar-refractivity contribution is 0.0697. The van der Waals surface area contributed by atoms with Gasteiger partial charge in [0.05, 0.1) is 11.3 Å². The Morgan fingerprint density at radius 3 is 2.71 bits per heavy atom. The molecule has 0 amide bonds. The maximum atomic E-state index is 14.0. The molecule has 0 spiro atoms. The highest BCUT2D eigenvalue weighted by Crippen LogP contribution is 2.35. The summed E-state index contributed by atoms with van der Waals surface area (Å²) >= 11 is 0. The summed E-state index contributed by atoms with van der Waals surface area (Å²) in [7, 11) is 0. The van der Waals surface area contributed by atoms with Crippen molar-refractivity contribution in [2.75, 3.05) is 5.32 Å². The fourth-order valence-electron chi connectivity index (χ4n) is 3.34. The van der Waals surface area contributed by atoms with E-state index in [0.717, 1.165) is 12.8 Å². The number of carboxylic acids is 1. The molecule has 1 aliphatic carbocycles. The van der Waals surface area contributed by atoms with Gasteiger partial charge in [-0.1, -0.05) is 27.2 Å². The van der Waals surface area contributed by atoms with Gasteiger partial charge in [-0.15, -0.1) is 0 Å². The third-order valence-electron chi connectivity index (χ3n) is 4.58. The predicted molar refractivity (Wildman–Crippen MR) is 82.1 cm³/mol. The molecule has 1 fully saturated rings. The fourth-order valence-corrected chi connectivity index (χ4v) is 3.34. The molecule has 21 heavy (non-hydrogen) atoms. The van der Waals surface area contributed by atoms with Crippen LogP contribution >= 0.6 is 0 Å². The van der Waals surface area contributed by atoms with Gasteiger partial charge in [0, 0.05) is 6.04 Å². The summed E-state index contributed by atoms with van der Waals surface area (Å²) in [4.78, 5) is 11.0. The van der Waals surface area contributed by atoms with E-state index in [4.69, 9.17) is 5.11 Å². The zero-order valence-corrected chi connectivity index (χ0v) is 12.9. The Bertz CT molecular complexity index is 516. The van der Waals surface area contributed by atoms with Crippen LogP contribution in [0.2, 0.25) is 0 Å². The van der Waals surface area contributed by atoms with E-state index in [1.165, 1.54) is 24.6 Å². The second-order valence-electron chi connectivity index (χ2n) is 6.58. The number of nitrogens with one attached hydrogen (secondary N) is 1. The van der Waals surface area contributed by atoms with Gasteiger partial charge >= 0.3 is 5.97 Å². The van der Waals surface area contributed by atoms with Gasteiger partial charge in [0.1, 0.15) is 5.82 Å². The molecule has 2 rings (SSSR count). The van der Waals surface area contributed by atoms with Crippen molar-refractivity contribution < 1.29 is 14.3 Å². The normalized spacial score (nSPS) is 25.9. The summed E-state index contributed by atoms with van der Waals surface area (Å²) in [5.74, 6) is 0.217. The first-order chi connectivity index (χ1) is 9.88. The third kappa shape index (κ3) is 3.74. The molecular formula is C17H24FNO2. The molecule has 2 N–H and O–H groups in total. The van der Waals surface area contributed by atoms with E-state index in [0.29, 0.717) is 23.4 Å². The molecule has 4 heteroatoms. The summed E-state index contributed by atoms with van der Waals surface area (Å²) < 4.78 is 14.0. The molecule has 0 aliphatic heterocycles. The molecule has 1 aromatic carbocycles. The Morgan fingerprint density at radius 2 is 2.10 bits per heavy atom. The quantitative estimate of drug-likeness (QED) is 0.865. The number of halogens is 1. The van der Waals surface area contributed by atoms with Gasteiger partial charge in [0.25, 0.3) is 0 Å². The van der Waals surface area contributed by atoms with Crippen molar-refractivity contribution in [3.8, 4) is 0 Å². The molecule has 0 heterocycles. The van der Waals surface area contributed by atoms with Crippen molar-refractivity contribution in [2.24, 2.45) is 17.8 Å². The number of benzene rings is 1. The van der Waals surface area contributed by atoms with Crippen molar-refractivity contribution in [1.82, 2.24) is 0 Å². The topological polar surface area (TPSA) is 49.3 Å². The molecular weight excluding hydrogens is 269 g/mol. The first-order valence-corrected chi connectivity index (χ1v) is 7.68. The molecule has 0 bridgehead atoms. The van der Waals surface area contributed by atoms with Gasteiger partial charge in [0.2, 0.25) is 0 Å². The van der Waals surface area contributed by atoms with E-state index in [1.807, 2.05) is 0 Å². The second-order valence-corrected chi connectivity index (χ2v) is 6.58. The van der Waals surface area contributed by atoms with Crippen molar-refractivity contribution in [3.63, 3.8) is 0 Å². The van der Waals surface area contributed by atoms with E-state index in [9.17, 15) is 9.18 Å². The highest BCUT2D eigenvalue weighted by molar-refractivity contribution is 5.88. The highest BCUT2D eigenvalue weighted by Gasteiger charge is 2.31. The fraction of sp³-hybridized carbons (Fsp3) is 0.588. The van der Waals surface area contributed by atoms with Gasteiger partial charge in [-0.2, -0.15) is 0 Å². The molecule has 1 aromatic rings. The van der Waals surface area contributed by atoms with E-state index in [2.05, 4.69) is 26.1 Å². The second kappa shape index (κ2) is 6.46. The monoisotopic (exact) mass is 293 g/mol. The zero-order valence-electron chi connectivity index (χ0n) is 12.9. The minimum absolute atomic E-state index is 0.115. The lowest BCUT2D eigenvalue weighted by Crippen LogP contribution is -2.38. The molecule has 3 nitrogen and oxygen atoms in total. The van der Waals surface area contributed by atoms with Crippen molar-refractivity contribution in [3.05, 3.63) is 29.6 Å². The Morgan fingerprint density at radius 1 is 1.38 bits per heavy atom. The minimum atomic E-state index is -1.03. The van der Waals surface area contributed by atoms with Crippen molar-refractivity contribution in [2.45, 2.75) is 46.1 Å². The van der Waals surface area contributed by atoms with E-state index < -0.39 is 5.97 Å². The smallest absolute Gasteiger partial charge is 0.335 e. The Hall–Kier alpha value is -1.58. The average molecular weight is 293 g/mol. The highest BCUT2D eigenvalue weighted by atomic mass is 19.1. The molecule has 3 unspecified atom stereocenters. The van der Waals surface area contributed by atoms with Gasteiger partial charge in [-0.25, -0.2) is 9.18 Å². The number of carbonyl (C=O) groups is 1. The van der Waals surface area contributed by atoms with Gasteiger partial charge < -0.3 is 10.4 Å². The maximum absolute atomic E-state index is 14.0. The van der Waals surface area contributed by atoms with E-state index >= 15 is 0 Å². The zero-order chi connectivity index (χ0) is 15.6. The van der Waals surface area contributed by atoms with E-state index in [-0.39, 0.29) is 17.4 Å². The minimum Gasteiger partial charge on any atom is -0.478 e. The molecule has 116 valence electrons. The summed E-state index contributed by atoms with van der Waals surface area (Å²) in [6, 6.07) is 4.12. The largest absolute Gasteiger partial charge is 0.478 e. The number of hydrogen-bond acceptors (Lipinski definition) is 2. The van der Waals surface area contributed by atoms with Crippen LogP contribution < -0.4 is 5.32 Å². The summed E-state index contributed by atoms with van der Waals surface area (Å²) in [5, 5.41) is 12.3. The van der Waals surface area contributed by atoms with Crippen molar-refractivity contribution >= 4 is 11.7 Å². The molecule has 1 saturated carbocycles. The van der Waals surface area contributed by atoms with Crippen LogP contribution in [0.25, 0.3) is 0 Å². The Kier molecular flexibility index (Phi) is 4.86. The van der Waals surface area contributed by atoms with E-state index in [1.54, 1.807) is 0 Å². The first-order valence-electron chi connectivity index (χ1n) is 7.68. The lowest BCUT2D eigenvalue weighted by Gasteiger charge is -2.38. The van der Waals surface area contributed by atoms with Crippen LogP contribution in [-0.4, -0.2) is 17.1 Å². The lowest BCUT2D eigenvalue weighted by atomic mass is 9.74. The summed E-state index contributed by atoms with van der Waals surface area (Å²) in [5.41, 5.74) is 0.420. The Labute approximate surface area is 125 Å². The number of anilines is 1. The first kappa shape index (κ1) is 15.8. The Balaban J connectivity index is 2.22. The van der Waals surface area contributed by atoms with Crippen LogP contribution in [0.3, 0.4) is 0 Å². The van der Waals surface area contributed by atoms with Crippen LogP contribution in [0.4, 0.5) is 10.1 Å². The average Bonchev–Trinajstić information content (AvgIpc) is 2.40. The molecule has 0 radical (unpaired) electrons. The van der Waals surface area contributed by atoms with Crippen LogP contribution in [0.1, 0.15) is 50.4 Å². The summed E-state index contributed by atoms with van der Waals surface area (Å²) in [6.07, 6.45) is 3.34. The van der Waals surface area contributed by atoms with Gasteiger partial charge in [0.15, 0.2) is 0 Å². The molecule has 0 saturated heterocycles.